The van der Waals surface area contributed by atoms with Crippen molar-refractivity contribution in [3.8, 4) is 0 Å². The molecule has 7 heteroatoms. The molecule has 4 N–H and O–H groups in total. The first-order valence-corrected chi connectivity index (χ1v) is 8.29. The number of rotatable bonds is 8. The second-order valence-corrected chi connectivity index (χ2v) is 6.35. The lowest BCUT2D eigenvalue weighted by molar-refractivity contribution is 0.0956. The molecule has 1 heterocycles. The van der Waals surface area contributed by atoms with E-state index >= 15 is 0 Å². The van der Waals surface area contributed by atoms with Crippen LogP contribution in [0.25, 0.3) is 0 Å². The number of thiazole rings is 1. The van der Waals surface area contributed by atoms with Crippen molar-refractivity contribution in [1.29, 1.82) is 0 Å². The maximum atomic E-state index is 12.1. The summed E-state index contributed by atoms with van der Waals surface area (Å²) in [6.45, 7) is 1.95. The smallest absolute Gasteiger partial charge is 0.265 e. The van der Waals surface area contributed by atoms with Crippen LogP contribution in [0.4, 0.5) is 10.9 Å². The fourth-order valence-electron chi connectivity index (χ4n) is 2.60. The van der Waals surface area contributed by atoms with Gasteiger partial charge in [0.1, 0.15) is 10.7 Å². The van der Waals surface area contributed by atoms with Gasteiger partial charge >= 0.3 is 0 Å². The van der Waals surface area contributed by atoms with Crippen LogP contribution in [0, 0.1) is 5.92 Å². The summed E-state index contributed by atoms with van der Waals surface area (Å²) in [4.78, 5) is 16.8. The van der Waals surface area contributed by atoms with Crippen LogP contribution in [-0.4, -0.2) is 37.7 Å². The number of nitrogen functional groups attached to an aromatic ring is 1. The number of carbonyl (C=O) groups excluding carboxylic acids is 1. The van der Waals surface area contributed by atoms with Gasteiger partial charge in [-0.2, -0.15) is 0 Å². The van der Waals surface area contributed by atoms with Crippen LogP contribution in [-0.2, 0) is 4.74 Å². The average molecular weight is 312 g/mol. The van der Waals surface area contributed by atoms with Gasteiger partial charge < -0.3 is 21.1 Å². The minimum atomic E-state index is -0.122. The summed E-state index contributed by atoms with van der Waals surface area (Å²) >= 11 is 1.29. The van der Waals surface area contributed by atoms with Crippen molar-refractivity contribution < 1.29 is 9.53 Å². The Hall–Kier alpha value is -1.34. The van der Waals surface area contributed by atoms with E-state index in [1.807, 2.05) is 0 Å². The summed E-state index contributed by atoms with van der Waals surface area (Å²) in [6.07, 6.45) is 6.31. The molecule has 0 saturated heterocycles. The number of amides is 1. The first kappa shape index (κ1) is 16.0. The highest BCUT2D eigenvalue weighted by molar-refractivity contribution is 7.18. The second-order valence-electron chi connectivity index (χ2n) is 5.35. The zero-order chi connectivity index (χ0) is 15.1. The first-order valence-electron chi connectivity index (χ1n) is 7.48. The van der Waals surface area contributed by atoms with Crippen LogP contribution in [0.5, 0.6) is 0 Å². The largest absolute Gasteiger partial charge is 0.383 e. The van der Waals surface area contributed by atoms with E-state index in [2.05, 4.69) is 15.6 Å². The second kappa shape index (κ2) is 8.19. The van der Waals surface area contributed by atoms with Gasteiger partial charge in [0.25, 0.3) is 5.91 Å². The normalized spacial score (nSPS) is 15.3. The third-order valence-corrected chi connectivity index (χ3v) is 4.78. The van der Waals surface area contributed by atoms with Gasteiger partial charge in [0, 0.05) is 20.2 Å². The Morgan fingerprint density at radius 1 is 1.43 bits per heavy atom. The van der Waals surface area contributed by atoms with Gasteiger partial charge in [-0.3, -0.25) is 4.79 Å². The Morgan fingerprint density at radius 3 is 2.90 bits per heavy atom. The molecule has 0 atom stereocenters. The summed E-state index contributed by atoms with van der Waals surface area (Å²) < 4.78 is 4.95. The molecule has 1 aliphatic carbocycles. The Bertz CT molecular complexity index is 458. The topological polar surface area (TPSA) is 89.3 Å². The summed E-state index contributed by atoms with van der Waals surface area (Å²) in [5.41, 5.74) is 5.81. The zero-order valence-corrected chi connectivity index (χ0v) is 13.3. The lowest BCUT2D eigenvalue weighted by Crippen LogP contribution is -2.25. The van der Waals surface area contributed by atoms with Gasteiger partial charge in [-0.25, -0.2) is 4.98 Å². The highest BCUT2D eigenvalue weighted by Gasteiger charge is 2.18. The third kappa shape index (κ3) is 4.86. The van der Waals surface area contributed by atoms with Gasteiger partial charge in [-0.15, -0.1) is 0 Å². The quantitative estimate of drug-likeness (QED) is 0.640. The number of aromatic nitrogens is 1. The van der Waals surface area contributed by atoms with Gasteiger partial charge in [-0.1, -0.05) is 37.0 Å². The Balaban J connectivity index is 1.78. The van der Waals surface area contributed by atoms with E-state index in [4.69, 9.17) is 10.5 Å². The van der Waals surface area contributed by atoms with Crippen LogP contribution >= 0.6 is 11.3 Å². The monoisotopic (exact) mass is 312 g/mol. The fraction of sp³-hybridized carbons (Fsp3) is 0.714. The molecule has 118 valence electrons. The average Bonchev–Trinajstić information content (AvgIpc) is 3.09. The summed E-state index contributed by atoms with van der Waals surface area (Å²) in [5.74, 6) is 0.941. The minimum Gasteiger partial charge on any atom is -0.383 e. The van der Waals surface area contributed by atoms with E-state index in [9.17, 15) is 4.79 Å². The molecule has 21 heavy (non-hydrogen) atoms. The van der Waals surface area contributed by atoms with Crippen molar-refractivity contribution in [1.82, 2.24) is 10.3 Å². The van der Waals surface area contributed by atoms with E-state index in [0.29, 0.717) is 35.5 Å². The number of nitrogens with zero attached hydrogens (tertiary/aromatic N) is 1. The number of anilines is 2. The highest BCUT2D eigenvalue weighted by atomic mass is 32.1. The van der Waals surface area contributed by atoms with Gasteiger partial charge in [0.05, 0.1) is 6.61 Å². The fourth-order valence-corrected chi connectivity index (χ4v) is 3.43. The molecule has 0 unspecified atom stereocenters. The molecule has 0 aliphatic heterocycles. The number of hydrogen-bond donors (Lipinski definition) is 3. The number of nitrogens with one attached hydrogen (secondary N) is 2. The van der Waals surface area contributed by atoms with E-state index < -0.39 is 0 Å². The van der Waals surface area contributed by atoms with Crippen molar-refractivity contribution >= 4 is 28.2 Å². The minimum absolute atomic E-state index is 0.122. The van der Waals surface area contributed by atoms with Crippen LogP contribution < -0.4 is 16.4 Å². The van der Waals surface area contributed by atoms with Crippen LogP contribution in [0.3, 0.4) is 0 Å². The molecule has 0 radical (unpaired) electrons. The predicted molar refractivity (Wildman–Crippen MR) is 85.8 cm³/mol. The molecular formula is C14H24N4O2S. The molecule has 0 aromatic carbocycles. The molecule has 1 fully saturated rings. The molecule has 0 spiro atoms. The van der Waals surface area contributed by atoms with Crippen molar-refractivity contribution in [2.45, 2.75) is 32.1 Å². The van der Waals surface area contributed by atoms with Crippen LogP contribution in [0.2, 0.25) is 0 Å². The molecular weight excluding hydrogens is 288 g/mol. The Morgan fingerprint density at radius 2 is 2.19 bits per heavy atom. The number of methoxy groups -OCH3 is 1. The molecule has 0 bridgehead atoms. The van der Waals surface area contributed by atoms with Crippen LogP contribution in [0.1, 0.15) is 41.8 Å². The lowest BCUT2D eigenvalue weighted by Gasteiger charge is -2.09. The van der Waals surface area contributed by atoms with Gasteiger partial charge in [0.15, 0.2) is 5.13 Å². The maximum Gasteiger partial charge on any atom is 0.265 e. The molecule has 6 nitrogen and oxygen atoms in total. The van der Waals surface area contributed by atoms with Gasteiger partial charge in [0.2, 0.25) is 0 Å². The SMILES string of the molecule is COCCNc1nc(N)c(C(=O)NCCC2CCCC2)s1. The standard InChI is InChI=1S/C14H24N4O2S/c1-20-9-8-17-14-18-12(15)11(21-14)13(19)16-7-6-10-4-2-3-5-10/h10H,2-9,15H2,1H3,(H,16,19)(H,17,18). The molecule has 2 rings (SSSR count). The first-order chi connectivity index (χ1) is 10.2. The van der Waals surface area contributed by atoms with E-state index in [-0.39, 0.29) is 5.91 Å². The molecule has 1 saturated carbocycles. The zero-order valence-electron chi connectivity index (χ0n) is 12.5. The maximum absolute atomic E-state index is 12.1. The predicted octanol–water partition coefficient (Wildman–Crippen LogP) is 2.09. The molecule has 1 aromatic heterocycles. The number of ether oxygens (including phenoxy) is 1. The Kier molecular flexibility index (Phi) is 6.25. The van der Waals surface area contributed by atoms with E-state index in [1.165, 1.54) is 37.0 Å². The van der Waals surface area contributed by atoms with E-state index in [0.717, 1.165) is 12.3 Å². The number of nitrogens with two attached hydrogens (primary N) is 1. The lowest BCUT2D eigenvalue weighted by atomic mass is 10.0. The number of carbonyl (C=O) groups is 1. The summed E-state index contributed by atoms with van der Waals surface area (Å²) in [6, 6.07) is 0. The molecule has 1 amide bonds. The van der Waals surface area contributed by atoms with Crippen molar-refractivity contribution in [2.75, 3.05) is 37.9 Å². The Labute approximate surface area is 129 Å². The van der Waals surface area contributed by atoms with Crippen molar-refractivity contribution in [3.05, 3.63) is 4.88 Å². The molecule has 1 aliphatic rings. The molecule has 1 aromatic rings. The number of hydrogen-bond acceptors (Lipinski definition) is 6. The van der Waals surface area contributed by atoms with E-state index in [1.54, 1.807) is 7.11 Å². The van der Waals surface area contributed by atoms with Gasteiger partial charge in [-0.05, 0) is 12.3 Å². The third-order valence-electron chi connectivity index (χ3n) is 3.75. The summed E-state index contributed by atoms with van der Waals surface area (Å²) in [7, 11) is 1.64. The van der Waals surface area contributed by atoms with Crippen molar-refractivity contribution in [2.24, 2.45) is 5.92 Å². The van der Waals surface area contributed by atoms with Crippen molar-refractivity contribution in [3.63, 3.8) is 0 Å². The van der Waals surface area contributed by atoms with Crippen LogP contribution in [0.15, 0.2) is 0 Å². The highest BCUT2D eigenvalue weighted by Crippen LogP contribution is 2.27. The summed E-state index contributed by atoms with van der Waals surface area (Å²) in [5, 5.41) is 6.69.